The Bertz CT molecular complexity index is 947. The molecule has 1 aromatic heterocycles. The highest BCUT2D eigenvalue weighted by atomic mass is 16.5. The molecule has 2 N–H and O–H groups in total. The lowest BCUT2D eigenvalue weighted by atomic mass is 9.79. The quantitative estimate of drug-likeness (QED) is 0.755. The number of para-hydroxylation sites is 1. The van der Waals surface area contributed by atoms with E-state index >= 15 is 0 Å². The average molecular weight is 411 g/mol. The number of carboxylic acids is 1. The number of carboxylic acid groups (broad SMARTS) is 1. The molecule has 0 spiro atoms. The van der Waals surface area contributed by atoms with Crippen LogP contribution in [0.5, 0.6) is 0 Å². The summed E-state index contributed by atoms with van der Waals surface area (Å²) in [5.41, 5.74) is 1.01. The van der Waals surface area contributed by atoms with Gasteiger partial charge >= 0.3 is 5.97 Å². The fourth-order valence-corrected chi connectivity index (χ4v) is 4.61. The summed E-state index contributed by atoms with van der Waals surface area (Å²) < 4.78 is 5.35. The van der Waals surface area contributed by atoms with Gasteiger partial charge in [0.1, 0.15) is 5.76 Å². The lowest BCUT2D eigenvalue weighted by Gasteiger charge is -2.32. The number of aromatic nitrogens is 1. The molecule has 0 saturated heterocycles. The maximum Gasteiger partial charge on any atom is 0.303 e. The van der Waals surface area contributed by atoms with E-state index in [2.05, 4.69) is 10.5 Å². The molecular formula is C22H25N3O5. The van der Waals surface area contributed by atoms with Crippen molar-refractivity contribution >= 4 is 23.5 Å². The number of fused-ring (bicyclic) bond motifs is 1. The maximum absolute atomic E-state index is 13.0. The van der Waals surface area contributed by atoms with E-state index in [0.29, 0.717) is 30.0 Å². The summed E-state index contributed by atoms with van der Waals surface area (Å²) in [6.07, 6.45) is 4.19. The van der Waals surface area contributed by atoms with Gasteiger partial charge in [-0.2, -0.15) is 0 Å². The topological polar surface area (TPSA) is 113 Å². The van der Waals surface area contributed by atoms with Crippen LogP contribution in [0.4, 0.5) is 5.69 Å². The van der Waals surface area contributed by atoms with Crippen molar-refractivity contribution in [3.63, 3.8) is 0 Å². The van der Waals surface area contributed by atoms with Crippen LogP contribution in [0.3, 0.4) is 0 Å². The monoisotopic (exact) mass is 411 g/mol. The van der Waals surface area contributed by atoms with Crippen LogP contribution in [0.1, 0.15) is 60.3 Å². The molecule has 8 heteroatoms. The summed E-state index contributed by atoms with van der Waals surface area (Å²) in [6, 6.07) is 9.07. The zero-order valence-electron chi connectivity index (χ0n) is 16.7. The predicted octanol–water partition coefficient (Wildman–Crippen LogP) is 3.24. The number of aliphatic carboxylic acids is 1. The van der Waals surface area contributed by atoms with Crippen molar-refractivity contribution in [2.24, 2.45) is 5.41 Å². The van der Waals surface area contributed by atoms with Crippen molar-refractivity contribution in [2.45, 2.75) is 51.5 Å². The second-order valence-electron chi connectivity index (χ2n) is 8.27. The van der Waals surface area contributed by atoms with Crippen molar-refractivity contribution in [3.05, 3.63) is 47.3 Å². The van der Waals surface area contributed by atoms with Gasteiger partial charge in [0.05, 0.1) is 13.0 Å². The minimum Gasteiger partial charge on any atom is -0.481 e. The highest BCUT2D eigenvalue weighted by molar-refractivity contribution is 6.04. The molecule has 0 bridgehead atoms. The lowest BCUT2D eigenvalue weighted by Crippen LogP contribution is -2.39. The van der Waals surface area contributed by atoms with E-state index in [1.165, 1.54) is 0 Å². The van der Waals surface area contributed by atoms with Crippen LogP contribution >= 0.6 is 0 Å². The Hall–Kier alpha value is -3.16. The maximum atomic E-state index is 13.0. The van der Waals surface area contributed by atoms with E-state index in [1.807, 2.05) is 18.2 Å². The molecule has 0 unspecified atom stereocenters. The summed E-state index contributed by atoms with van der Waals surface area (Å²) in [5, 5.41) is 16.0. The second-order valence-corrected chi connectivity index (χ2v) is 8.27. The molecule has 0 radical (unpaired) electrons. The number of amides is 2. The first-order valence-electron chi connectivity index (χ1n) is 10.3. The van der Waals surface area contributed by atoms with Crippen LogP contribution in [0.25, 0.3) is 0 Å². The Morgan fingerprint density at radius 3 is 2.57 bits per heavy atom. The minimum absolute atomic E-state index is 0.0236. The molecule has 1 saturated carbocycles. The Labute approximate surface area is 174 Å². The Morgan fingerprint density at radius 1 is 1.13 bits per heavy atom. The van der Waals surface area contributed by atoms with Crippen molar-refractivity contribution < 1.29 is 24.0 Å². The molecule has 1 fully saturated rings. The molecule has 1 aliphatic carbocycles. The first-order valence-corrected chi connectivity index (χ1v) is 10.3. The molecule has 0 atom stereocenters. The molecule has 2 amide bonds. The number of carbonyl (C=O) groups excluding carboxylic acids is 2. The minimum atomic E-state index is -0.857. The van der Waals surface area contributed by atoms with Gasteiger partial charge in [-0.3, -0.25) is 14.4 Å². The summed E-state index contributed by atoms with van der Waals surface area (Å²) in [5.74, 6) is -0.680. The fourth-order valence-electron chi connectivity index (χ4n) is 4.61. The van der Waals surface area contributed by atoms with Crippen molar-refractivity contribution in [3.8, 4) is 0 Å². The third-order valence-electron chi connectivity index (χ3n) is 6.14. The summed E-state index contributed by atoms with van der Waals surface area (Å²) in [6.45, 7) is 0.724. The standard InChI is InChI=1S/C22H25N3O5/c26-18(12-22(13-19(27)28)9-4-5-10-22)25-11-8-17-16(14-25)20(24-30-17)21(29)23-15-6-2-1-3-7-15/h1-3,6-7H,4-5,8-14H2,(H,23,29)(H,27,28). The highest BCUT2D eigenvalue weighted by Crippen LogP contribution is 2.44. The van der Waals surface area contributed by atoms with E-state index < -0.39 is 11.4 Å². The molecule has 158 valence electrons. The number of hydrogen-bond donors (Lipinski definition) is 2. The number of rotatable bonds is 6. The van der Waals surface area contributed by atoms with Gasteiger partial charge in [-0.1, -0.05) is 36.2 Å². The molecule has 30 heavy (non-hydrogen) atoms. The Balaban J connectivity index is 1.46. The van der Waals surface area contributed by atoms with E-state index in [9.17, 15) is 19.5 Å². The van der Waals surface area contributed by atoms with Gasteiger partial charge in [-0.05, 0) is 30.4 Å². The van der Waals surface area contributed by atoms with Crippen LogP contribution in [0, 0.1) is 5.41 Å². The normalized spacial score (nSPS) is 17.4. The second kappa shape index (κ2) is 8.30. The van der Waals surface area contributed by atoms with E-state index in [0.717, 1.165) is 25.7 Å². The van der Waals surface area contributed by atoms with Gasteiger partial charge in [0.25, 0.3) is 5.91 Å². The number of anilines is 1. The smallest absolute Gasteiger partial charge is 0.303 e. The predicted molar refractivity (Wildman–Crippen MR) is 108 cm³/mol. The van der Waals surface area contributed by atoms with Gasteiger partial charge < -0.3 is 19.8 Å². The molecule has 2 aliphatic rings. The number of benzene rings is 1. The summed E-state index contributed by atoms with van der Waals surface area (Å²) in [4.78, 5) is 38.7. The van der Waals surface area contributed by atoms with Crippen LogP contribution < -0.4 is 5.32 Å². The zero-order chi connectivity index (χ0) is 21.1. The SMILES string of the molecule is O=C(O)CC1(CC(=O)N2CCc3onc(C(=O)Nc4ccccc4)c3C2)CCCC1. The average Bonchev–Trinajstić information content (AvgIpc) is 3.34. The van der Waals surface area contributed by atoms with Gasteiger partial charge in [0.2, 0.25) is 5.91 Å². The molecule has 4 rings (SSSR count). The van der Waals surface area contributed by atoms with Gasteiger partial charge in [-0.15, -0.1) is 0 Å². The Kier molecular flexibility index (Phi) is 5.57. The summed E-state index contributed by atoms with van der Waals surface area (Å²) >= 11 is 0. The van der Waals surface area contributed by atoms with E-state index in [-0.39, 0.29) is 36.9 Å². The largest absolute Gasteiger partial charge is 0.481 e. The van der Waals surface area contributed by atoms with E-state index in [1.54, 1.807) is 17.0 Å². The number of nitrogens with one attached hydrogen (secondary N) is 1. The number of carbonyl (C=O) groups is 3. The Morgan fingerprint density at radius 2 is 1.87 bits per heavy atom. The van der Waals surface area contributed by atoms with Crippen molar-refractivity contribution in [2.75, 3.05) is 11.9 Å². The van der Waals surface area contributed by atoms with Crippen molar-refractivity contribution in [1.82, 2.24) is 10.1 Å². The molecule has 1 aromatic carbocycles. The van der Waals surface area contributed by atoms with Crippen LogP contribution in [-0.2, 0) is 22.6 Å². The molecule has 8 nitrogen and oxygen atoms in total. The van der Waals surface area contributed by atoms with E-state index in [4.69, 9.17) is 4.52 Å². The third-order valence-corrected chi connectivity index (χ3v) is 6.14. The molecule has 1 aliphatic heterocycles. The molecule has 2 heterocycles. The summed E-state index contributed by atoms with van der Waals surface area (Å²) in [7, 11) is 0. The molecular weight excluding hydrogens is 386 g/mol. The number of hydrogen-bond acceptors (Lipinski definition) is 5. The first-order chi connectivity index (χ1) is 14.5. The van der Waals surface area contributed by atoms with Gasteiger partial charge in [-0.25, -0.2) is 0 Å². The number of nitrogens with zero attached hydrogens (tertiary/aromatic N) is 2. The van der Waals surface area contributed by atoms with Crippen molar-refractivity contribution in [1.29, 1.82) is 0 Å². The van der Waals surface area contributed by atoms with Crippen LogP contribution in [-0.4, -0.2) is 39.5 Å². The zero-order valence-corrected chi connectivity index (χ0v) is 16.7. The lowest BCUT2D eigenvalue weighted by molar-refractivity contribution is -0.141. The fraction of sp³-hybridized carbons (Fsp3) is 0.455. The van der Waals surface area contributed by atoms with Crippen LogP contribution in [0.15, 0.2) is 34.9 Å². The first kappa shape index (κ1) is 20.1. The van der Waals surface area contributed by atoms with Gasteiger partial charge in [0.15, 0.2) is 5.69 Å². The highest BCUT2D eigenvalue weighted by Gasteiger charge is 2.40. The third kappa shape index (κ3) is 4.22. The molecule has 2 aromatic rings. The van der Waals surface area contributed by atoms with Crippen LogP contribution in [0.2, 0.25) is 0 Å². The van der Waals surface area contributed by atoms with Gasteiger partial charge in [0, 0.05) is 30.6 Å².